The number of hydrogen-bond donors (Lipinski definition) is 0. The second kappa shape index (κ2) is 8.60. The van der Waals surface area contributed by atoms with Crippen molar-refractivity contribution in [2.24, 2.45) is 0 Å². The van der Waals surface area contributed by atoms with Gasteiger partial charge in [-0.1, -0.05) is 13.8 Å². The maximum atomic E-state index is 4.88. The van der Waals surface area contributed by atoms with Gasteiger partial charge in [-0.05, 0) is 25.0 Å². The Kier molecular flexibility index (Phi) is 5.76. The summed E-state index contributed by atoms with van der Waals surface area (Å²) < 4.78 is 4.44. The molecule has 0 radical (unpaired) electrons. The third-order valence-electron chi connectivity index (χ3n) is 4.93. The van der Waals surface area contributed by atoms with Gasteiger partial charge in [0.2, 0.25) is 5.13 Å². The van der Waals surface area contributed by atoms with E-state index in [4.69, 9.17) is 9.97 Å². The van der Waals surface area contributed by atoms with Crippen LogP contribution in [0.4, 0.5) is 10.9 Å². The second-order valence-corrected chi connectivity index (χ2v) is 7.54. The molecule has 28 heavy (non-hydrogen) atoms. The molecule has 0 N–H and O–H groups in total. The van der Waals surface area contributed by atoms with Gasteiger partial charge in [-0.25, -0.2) is 15.0 Å². The van der Waals surface area contributed by atoms with Crippen LogP contribution in [0.3, 0.4) is 0 Å². The van der Waals surface area contributed by atoms with Gasteiger partial charge in [0.15, 0.2) is 5.82 Å². The highest BCUT2D eigenvalue weighted by molar-refractivity contribution is 7.09. The van der Waals surface area contributed by atoms with Crippen LogP contribution in [0.1, 0.15) is 31.8 Å². The fraction of sp³-hybridized carbons (Fsp3) is 0.450. The number of pyridine rings is 1. The van der Waals surface area contributed by atoms with Crippen LogP contribution in [-0.2, 0) is 12.8 Å². The van der Waals surface area contributed by atoms with Gasteiger partial charge in [0.05, 0.1) is 0 Å². The van der Waals surface area contributed by atoms with Crippen molar-refractivity contribution in [1.29, 1.82) is 0 Å². The minimum Gasteiger partial charge on any atom is -0.355 e. The molecule has 7 nitrogen and oxygen atoms in total. The molecule has 4 rings (SSSR count). The van der Waals surface area contributed by atoms with E-state index in [-0.39, 0.29) is 0 Å². The van der Waals surface area contributed by atoms with Crippen LogP contribution >= 0.6 is 11.5 Å². The summed E-state index contributed by atoms with van der Waals surface area (Å²) in [5.74, 6) is 2.72. The number of nitrogens with zero attached hydrogens (tertiary/aromatic N) is 7. The number of aromatic nitrogens is 5. The van der Waals surface area contributed by atoms with Gasteiger partial charge in [-0.3, -0.25) is 4.98 Å². The fourth-order valence-electron chi connectivity index (χ4n) is 3.31. The summed E-state index contributed by atoms with van der Waals surface area (Å²) in [5.41, 5.74) is 2.07. The van der Waals surface area contributed by atoms with E-state index in [1.54, 1.807) is 12.4 Å². The van der Waals surface area contributed by atoms with Gasteiger partial charge < -0.3 is 9.80 Å². The molecule has 3 aromatic heterocycles. The van der Waals surface area contributed by atoms with Crippen molar-refractivity contribution < 1.29 is 0 Å². The maximum Gasteiger partial charge on any atom is 0.205 e. The molecule has 1 aliphatic rings. The smallest absolute Gasteiger partial charge is 0.205 e. The molecule has 0 bridgehead atoms. The Labute approximate surface area is 169 Å². The summed E-state index contributed by atoms with van der Waals surface area (Å²) in [4.78, 5) is 23.1. The minimum atomic E-state index is 0.773. The zero-order valence-electron chi connectivity index (χ0n) is 16.4. The van der Waals surface area contributed by atoms with Crippen molar-refractivity contribution in [3.63, 3.8) is 0 Å². The maximum absolute atomic E-state index is 4.88. The molecule has 1 fully saturated rings. The Morgan fingerprint density at radius 1 is 0.929 bits per heavy atom. The minimum absolute atomic E-state index is 0.773. The summed E-state index contributed by atoms with van der Waals surface area (Å²) in [6.07, 6.45) is 6.41. The van der Waals surface area contributed by atoms with Crippen molar-refractivity contribution in [3.8, 4) is 11.4 Å². The third-order valence-corrected chi connectivity index (χ3v) is 5.75. The molecule has 0 aromatic carbocycles. The van der Waals surface area contributed by atoms with Crippen LogP contribution in [0, 0.1) is 0 Å². The molecular weight excluding hydrogens is 370 g/mol. The Balaban J connectivity index is 1.55. The molecule has 4 heterocycles. The highest BCUT2D eigenvalue weighted by atomic mass is 32.1. The predicted octanol–water partition coefficient (Wildman–Crippen LogP) is 3.23. The molecule has 8 heteroatoms. The van der Waals surface area contributed by atoms with E-state index in [1.807, 2.05) is 12.1 Å². The topological polar surface area (TPSA) is 70.9 Å². The lowest BCUT2D eigenvalue weighted by Crippen LogP contribution is -2.31. The zero-order chi connectivity index (χ0) is 19.3. The monoisotopic (exact) mass is 395 g/mol. The number of anilines is 2. The lowest BCUT2D eigenvalue weighted by atomic mass is 10.2. The van der Waals surface area contributed by atoms with Gasteiger partial charge in [0.1, 0.15) is 11.6 Å². The summed E-state index contributed by atoms with van der Waals surface area (Å²) in [6, 6.07) is 6.05. The van der Waals surface area contributed by atoms with Crippen LogP contribution < -0.4 is 9.80 Å². The molecule has 1 aliphatic heterocycles. The summed E-state index contributed by atoms with van der Waals surface area (Å²) in [6.45, 7) is 8.04. The van der Waals surface area contributed by atoms with Crippen molar-refractivity contribution in [2.45, 2.75) is 33.1 Å². The molecule has 0 spiro atoms. The first-order valence-corrected chi connectivity index (χ1v) is 10.6. The molecule has 146 valence electrons. The largest absolute Gasteiger partial charge is 0.355 e. The molecule has 0 unspecified atom stereocenters. The van der Waals surface area contributed by atoms with Crippen molar-refractivity contribution >= 4 is 22.5 Å². The van der Waals surface area contributed by atoms with Gasteiger partial charge >= 0.3 is 0 Å². The summed E-state index contributed by atoms with van der Waals surface area (Å²) >= 11 is 1.51. The predicted molar refractivity (Wildman–Crippen MR) is 113 cm³/mol. The van der Waals surface area contributed by atoms with Gasteiger partial charge in [0, 0.05) is 73.8 Å². The molecular formula is C20H25N7S. The lowest BCUT2D eigenvalue weighted by molar-refractivity contribution is 0.792. The van der Waals surface area contributed by atoms with Crippen LogP contribution in [0.2, 0.25) is 0 Å². The van der Waals surface area contributed by atoms with E-state index in [0.717, 1.165) is 79.3 Å². The van der Waals surface area contributed by atoms with E-state index < -0.39 is 0 Å². The summed E-state index contributed by atoms with van der Waals surface area (Å²) in [7, 11) is 0. The van der Waals surface area contributed by atoms with Gasteiger partial charge in [-0.15, -0.1) is 0 Å². The van der Waals surface area contributed by atoms with Crippen LogP contribution in [0.15, 0.2) is 30.6 Å². The average Bonchev–Trinajstić information content (AvgIpc) is 3.10. The van der Waals surface area contributed by atoms with E-state index in [2.05, 4.69) is 44.1 Å². The zero-order valence-corrected chi connectivity index (χ0v) is 17.2. The number of hydrogen-bond acceptors (Lipinski definition) is 8. The molecule has 0 amide bonds. The number of aryl methyl sites for hydroxylation is 2. The van der Waals surface area contributed by atoms with E-state index >= 15 is 0 Å². The third kappa shape index (κ3) is 4.11. The molecule has 0 aliphatic carbocycles. The SMILES string of the molecule is CCc1cc(N2CCCN(c3nc(CC)ns3)CC2)nc(-c2ccncc2)n1. The number of rotatable bonds is 5. The van der Waals surface area contributed by atoms with Gasteiger partial charge in [-0.2, -0.15) is 4.37 Å². The first-order chi connectivity index (χ1) is 13.8. The van der Waals surface area contributed by atoms with E-state index in [0.29, 0.717) is 0 Å². The summed E-state index contributed by atoms with van der Waals surface area (Å²) in [5, 5.41) is 1.04. The first-order valence-electron chi connectivity index (χ1n) is 9.87. The highest BCUT2D eigenvalue weighted by Crippen LogP contribution is 2.23. The quantitative estimate of drug-likeness (QED) is 0.657. The second-order valence-electron chi connectivity index (χ2n) is 6.80. The van der Waals surface area contributed by atoms with Crippen molar-refractivity contribution in [3.05, 3.63) is 42.1 Å². The lowest BCUT2D eigenvalue weighted by Gasteiger charge is -2.23. The van der Waals surface area contributed by atoms with Crippen molar-refractivity contribution in [2.75, 3.05) is 36.0 Å². The molecule has 0 saturated carbocycles. The van der Waals surface area contributed by atoms with E-state index in [1.165, 1.54) is 11.5 Å². The van der Waals surface area contributed by atoms with Gasteiger partial charge in [0.25, 0.3) is 0 Å². The highest BCUT2D eigenvalue weighted by Gasteiger charge is 2.20. The Morgan fingerprint density at radius 2 is 1.71 bits per heavy atom. The van der Waals surface area contributed by atoms with E-state index in [9.17, 15) is 0 Å². The standard InChI is InChI=1S/C20H25N7S/c1-3-16-14-18(24-19(22-16)15-6-8-21-9-7-15)26-10-5-11-27(13-12-26)20-23-17(4-2)25-28-20/h6-9,14H,3-5,10-13H2,1-2H3. The Bertz CT molecular complexity index is 912. The normalized spacial score (nSPS) is 14.9. The Hall–Kier alpha value is -2.61. The molecule has 3 aromatic rings. The van der Waals surface area contributed by atoms with Crippen LogP contribution in [-0.4, -0.2) is 50.5 Å². The average molecular weight is 396 g/mol. The van der Waals surface area contributed by atoms with Crippen LogP contribution in [0.25, 0.3) is 11.4 Å². The Morgan fingerprint density at radius 3 is 2.46 bits per heavy atom. The van der Waals surface area contributed by atoms with Crippen molar-refractivity contribution in [1.82, 2.24) is 24.3 Å². The first kappa shape index (κ1) is 18.7. The fourth-order valence-corrected chi connectivity index (χ4v) is 4.11. The van der Waals surface area contributed by atoms with Crippen LogP contribution in [0.5, 0.6) is 0 Å². The molecule has 0 atom stereocenters. The molecule has 1 saturated heterocycles.